The second-order valence-electron chi connectivity index (χ2n) is 4.19. The number of anilines is 1. The summed E-state index contributed by atoms with van der Waals surface area (Å²) in [6.45, 7) is 5.09. The van der Waals surface area contributed by atoms with Gasteiger partial charge < -0.3 is 10.1 Å². The lowest BCUT2D eigenvalue weighted by Crippen LogP contribution is -2.20. The molecule has 0 amide bonds. The molecule has 0 radical (unpaired) electrons. The highest BCUT2D eigenvalue weighted by Crippen LogP contribution is 2.26. The molecule has 1 atom stereocenters. The molecule has 2 rings (SSSR count). The Bertz CT molecular complexity index is 411. The highest BCUT2D eigenvalue weighted by molar-refractivity contribution is 7.99. The largest absolute Gasteiger partial charge is 0.368 e. The molecule has 1 aromatic heterocycles. The number of thioether (sulfide) groups is 1. The van der Waals surface area contributed by atoms with Crippen molar-refractivity contribution in [2.24, 2.45) is 0 Å². The van der Waals surface area contributed by atoms with E-state index in [9.17, 15) is 4.39 Å². The van der Waals surface area contributed by atoms with Gasteiger partial charge in [0.1, 0.15) is 6.10 Å². The van der Waals surface area contributed by atoms with Crippen LogP contribution in [0.4, 0.5) is 10.2 Å². The van der Waals surface area contributed by atoms with Gasteiger partial charge in [0.15, 0.2) is 17.5 Å². The van der Waals surface area contributed by atoms with Crippen molar-refractivity contribution in [2.75, 3.05) is 30.0 Å². The minimum absolute atomic E-state index is 0.120. The first-order valence-corrected chi connectivity index (χ1v) is 7.35. The van der Waals surface area contributed by atoms with E-state index in [0.29, 0.717) is 30.5 Å². The van der Waals surface area contributed by atoms with Crippen molar-refractivity contribution >= 4 is 17.6 Å². The Morgan fingerprint density at radius 2 is 2.33 bits per heavy atom. The number of rotatable bonds is 4. The molecule has 1 aliphatic heterocycles. The summed E-state index contributed by atoms with van der Waals surface area (Å²) in [4.78, 5) is 8.46. The minimum atomic E-state index is -0.365. The van der Waals surface area contributed by atoms with Crippen molar-refractivity contribution in [3.63, 3.8) is 0 Å². The molecular weight excluding hydrogens is 253 g/mol. The third kappa shape index (κ3) is 3.11. The summed E-state index contributed by atoms with van der Waals surface area (Å²) in [6, 6.07) is 0. The molecule has 6 heteroatoms. The second-order valence-corrected chi connectivity index (χ2v) is 5.34. The van der Waals surface area contributed by atoms with Gasteiger partial charge in [0.2, 0.25) is 0 Å². The molecule has 0 saturated carbocycles. The fourth-order valence-corrected chi connectivity index (χ4v) is 2.56. The molecule has 1 unspecified atom stereocenters. The van der Waals surface area contributed by atoms with Gasteiger partial charge in [0, 0.05) is 18.1 Å². The van der Waals surface area contributed by atoms with E-state index < -0.39 is 0 Å². The number of aromatic nitrogens is 2. The molecule has 1 aliphatic rings. The van der Waals surface area contributed by atoms with E-state index in [1.807, 2.05) is 18.7 Å². The molecule has 2 heterocycles. The monoisotopic (exact) mass is 271 g/mol. The lowest BCUT2D eigenvalue weighted by Gasteiger charge is -2.22. The summed E-state index contributed by atoms with van der Waals surface area (Å²) in [7, 11) is 0. The third-order valence-electron chi connectivity index (χ3n) is 2.68. The Kier molecular flexibility index (Phi) is 4.77. The van der Waals surface area contributed by atoms with Crippen LogP contribution in [-0.2, 0) is 4.74 Å². The van der Waals surface area contributed by atoms with Crippen molar-refractivity contribution in [3.8, 4) is 0 Å². The summed E-state index contributed by atoms with van der Waals surface area (Å²) < 4.78 is 19.5. The summed E-state index contributed by atoms with van der Waals surface area (Å²) in [5, 5.41) is 2.99. The first-order valence-electron chi connectivity index (χ1n) is 6.19. The van der Waals surface area contributed by atoms with Crippen LogP contribution in [0.5, 0.6) is 0 Å². The molecule has 100 valence electrons. The van der Waals surface area contributed by atoms with Crippen LogP contribution in [0.3, 0.4) is 0 Å². The quantitative estimate of drug-likeness (QED) is 0.912. The van der Waals surface area contributed by atoms with E-state index >= 15 is 0 Å². The molecule has 1 aromatic rings. The number of hydrogen-bond acceptors (Lipinski definition) is 5. The van der Waals surface area contributed by atoms with Gasteiger partial charge in [-0.1, -0.05) is 6.92 Å². The van der Waals surface area contributed by atoms with Crippen molar-refractivity contribution in [3.05, 3.63) is 17.3 Å². The van der Waals surface area contributed by atoms with Gasteiger partial charge in [-0.05, 0) is 13.3 Å². The maximum Gasteiger partial charge on any atom is 0.186 e. The smallest absolute Gasteiger partial charge is 0.186 e. The third-order valence-corrected chi connectivity index (χ3v) is 3.67. The zero-order chi connectivity index (χ0) is 13.0. The van der Waals surface area contributed by atoms with Crippen LogP contribution >= 0.6 is 11.8 Å². The Balaban J connectivity index is 2.22. The molecule has 1 fully saturated rings. The first kappa shape index (κ1) is 13.5. The van der Waals surface area contributed by atoms with Crippen LogP contribution in [0.2, 0.25) is 0 Å². The van der Waals surface area contributed by atoms with Gasteiger partial charge in [0.25, 0.3) is 0 Å². The molecule has 1 N–H and O–H groups in total. The van der Waals surface area contributed by atoms with Gasteiger partial charge in [-0.3, -0.25) is 0 Å². The average Bonchev–Trinajstić information content (AvgIpc) is 2.41. The van der Waals surface area contributed by atoms with Crippen LogP contribution in [0.1, 0.15) is 31.0 Å². The zero-order valence-electron chi connectivity index (χ0n) is 10.7. The van der Waals surface area contributed by atoms with Gasteiger partial charge in [0.05, 0.1) is 12.3 Å². The average molecular weight is 271 g/mol. The summed E-state index contributed by atoms with van der Waals surface area (Å²) in [6.07, 6.45) is 0.804. The van der Waals surface area contributed by atoms with Gasteiger partial charge in [-0.2, -0.15) is 11.8 Å². The summed E-state index contributed by atoms with van der Waals surface area (Å²) in [5.74, 6) is 2.34. The van der Waals surface area contributed by atoms with E-state index in [1.165, 1.54) is 0 Å². The second kappa shape index (κ2) is 6.33. The summed E-state index contributed by atoms with van der Waals surface area (Å²) >= 11 is 1.81. The maximum atomic E-state index is 13.8. The predicted octanol–water partition coefficient (Wildman–Crippen LogP) is 2.55. The SMILES string of the molecule is CCCNc1nc(C2CSCCO2)nc(C)c1F. The highest BCUT2D eigenvalue weighted by Gasteiger charge is 2.22. The molecule has 0 aromatic carbocycles. The van der Waals surface area contributed by atoms with E-state index in [-0.39, 0.29) is 11.9 Å². The molecule has 18 heavy (non-hydrogen) atoms. The van der Waals surface area contributed by atoms with Crippen LogP contribution < -0.4 is 5.32 Å². The first-order chi connectivity index (χ1) is 8.72. The maximum absolute atomic E-state index is 13.8. The number of nitrogens with zero attached hydrogens (tertiary/aromatic N) is 2. The number of hydrogen-bond donors (Lipinski definition) is 1. The van der Waals surface area contributed by atoms with Gasteiger partial charge in [-0.25, -0.2) is 14.4 Å². The molecule has 0 bridgehead atoms. The van der Waals surface area contributed by atoms with Crippen molar-refractivity contribution in [1.82, 2.24) is 9.97 Å². The lowest BCUT2D eigenvalue weighted by molar-refractivity contribution is 0.0692. The molecular formula is C12H18FN3OS. The highest BCUT2D eigenvalue weighted by atomic mass is 32.2. The fraction of sp³-hybridized carbons (Fsp3) is 0.667. The van der Waals surface area contributed by atoms with E-state index in [0.717, 1.165) is 17.9 Å². The standard InChI is InChI=1S/C12H18FN3OS/c1-3-4-14-12-10(13)8(2)15-11(16-12)9-7-18-6-5-17-9/h9H,3-7H2,1-2H3,(H,14,15,16). The van der Waals surface area contributed by atoms with Crippen LogP contribution in [0, 0.1) is 12.7 Å². The topological polar surface area (TPSA) is 47.0 Å². The van der Waals surface area contributed by atoms with E-state index in [4.69, 9.17) is 4.74 Å². The number of nitrogens with one attached hydrogen (secondary N) is 1. The van der Waals surface area contributed by atoms with Crippen LogP contribution in [-0.4, -0.2) is 34.6 Å². The Morgan fingerprint density at radius 3 is 3.00 bits per heavy atom. The van der Waals surface area contributed by atoms with Gasteiger partial charge >= 0.3 is 0 Å². The number of aryl methyl sites for hydroxylation is 1. The molecule has 0 spiro atoms. The summed E-state index contributed by atoms with van der Waals surface area (Å²) in [5.41, 5.74) is 0.373. The Hall–Kier alpha value is -0.880. The molecule has 0 aliphatic carbocycles. The van der Waals surface area contributed by atoms with E-state index in [1.54, 1.807) is 6.92 Å². The molecule has 4 nitrogen and oxygen atoms in total. The van der Waals surface area contributed by atoms with Crippen LogP contribution in [0.15, 0.2) is 0 Å². The Labute approximate surface area is 111 Å². The fourth-order valence-electron chi connectivity index (χ4n) is 1.72. The lowest BCUT2D eigenvalue weighted by atomic mass is 10.3. The Morgan fingerprint density at radius 1 is 1.50 bits per heavy atom. The van der Waals surface area contributed by atoms with Crippen molar-refractivity contribution in [2.45, 2.75) is 26.4 Å². The zero-order valence-corrected chi connectivity index (χ0v) is 11.5. The predicted molar refractivity (Wildman–Crippen MR) is 71.5 cm³/mol. The van der Waals surface area contributed by atoms with Crippen molar-refractivity contribution < 1.29 is 9.13 Å². The normalized spacial score (nSPS) is 19.8. The molecule has 1 saturated heterocycles. The van der Waals surface area contributed by atoms with Crippen molar-refractivity contribution in [1.29, 1.82) is 0 Å². The number of ether oxygens (including phenoxy) is 1. The van der Waals surface area contributed by atoms with Crippen LogP contribution in [0.25, 0.3) is 0 Å². The minimum Gasteiger partial charge on any atom is -0.368 e. The number of halogens is 1. The van der Waals surface area contributed by atoms with Gasteiger partial charge in [-0.15, -0.1) is 0 Å². The van der Waals surface area contributed by atoms with E-state index in [2.05, 4.69) is 15.3 Å².